The van der Waals surface area contributed by atoms with Gasteiger partial charge in [-0.2, -0.15) is 0 Å². The highest BCUT2D eigenvalue weighted by Gasteiger charge is 2.16. The standard InChI is InChI=1S/C20H18Cl2N4OS/c1-3-8-26-19(17-7-5-4-6-13(17)2)24-25-20(26)28-12-18(27)23-16-10-14(21)9-15(22)11-16/h3-7,9-11H,1,8,12H2,2H3,(H,23,27). The van der Waals surface area contributed by atoms with Gasteiger partial charge in [-0.25, -0.2) is 0 Å². The van der Waals surface area contributed by atoms with E-state index in [0.29, 0.717) is 27.4 Å². The average Bonchev–Trinajstić information content (AvgIpc) is 3.02. The van der Waals surface area contributed by atoms with E-state index in [9.17, 15) is 4.79 Å². The zero-order valence-corrected chi connectivity index (χ0v) is 17.5. The predicted molar refractivity (Wildman–Crippen MR) is 116 cm³/mol. The topological polar surface area (TPSA) is 59.8 Å². The lowest BCUT2D eigenvalue weighted by Gasteiger charge is -2.10. The van der Waals surface area contributed by atoms with Crippen molar-refractivity contribution in [3.63, 3.8) is 0 Å². The molecule has 28 heavy (non-hydrogen) atoms. The molecule has 0 saturated carbocycles. The number of aromatic nitrogens is 3. The molecule has 0 aliphatic rings. The van der Waals surface area contributed by atoms with Crippen molar-refractivity contribution in [3.05, 3.63) is 70.7 Å². The van der Waals surface area contributed by atoms with Crippen LogP contribution in [0.2, 0.25) is 10.0 Å². The summed E-state index contributed by atoms with van der Waals surface area (Å²) in [6.07, 6.45) is 1.78. The van der Waals surface area contributed by atoms with Crippen LogP contribution in [0.15, 0.2) is 60.3 Å². The van der Waals surface area contributed by atoms with Crippen LogP contribution in [0.4, 0.5) is 5.69 Å². The van der Waals surface area contributed by atoms with Gasteiger partial charge in [-0.1, -0.05) is 65.3 Å². The van der Waals surface area contributed by atoms with Crippen LogP contribution in [-0.4, -0.2) is 26.4 Å². The van der Waals surface area contributed by atoms with E-state index < -0.39 is 0 Å². The highest BCUT2D eigenvalue weighted by Crippen LogP contribution is 2.27. The van der Waals surface area contributed by atoms with Gasteiger partial charge in [0.25, 0.3) is 0 Å². The van der Waals surface area contributed by atoms with Gasteiger partial charge in [0.2, 0.25) is 5.91 Å². The van der Waals surface area contributed by atoms with E-state index in [1.807, 2.05) is 35.8 Å². The van der Waals surface area contributed by atoms with E-state index in [-0.39, 0.29) is 11.7 Å². The Balaban J connectivity index is 1.74. The fourth-order valence-corrected chi connectivity index (χ4v) is 3.94. The van der Waals surface area contributed by atoms with Crippen molar-refractivity contribution in [2.24, 2.45) is 0 Å². The Morgan fingerprint density at radius 3 is 2.61 bits per heavy atom. The molecular formula is C20H18Cl2N4OS. The normalized spacial score (nSPS) is 10.7. The van der Waals surface area contributed by atoms with E-state index in [4.69, 9.17) is 23.2 Å². The predicted octanol–water partition coefficient (Wildman–Crippen LogP) is 5.48. The summed E-state index contributed by atoms with van der Waals surface area (Å²) in [6, 6.07) is 12.9. The monoisotopic (exact) mass is 432 g/mol. The second-order valence-electron chi connectivity index (χ2n) is 6.02. The molecule has 0 saturated heterocycles. The van der Waals surface area contributed by atoms with E-state index in [1.165, 1.54) is 11.8 Å². The Labute approximate surface area is 177 Å². The molecule has 0 radical (unpaired) electrons. The van der Waals surface area contributed by atoms with Crippen molar-refractivity contribution in [2.75, 3.05) is 11.1 Å². The minimum atomic E-state index is -0.186. The number of rotatable bonds is 7. The second kappa shape index (κ2) is 9.28. The number of thioether (sulfide) groups is 1. The Morgan fingerprint density at radius 1 is 1.21 bits per heavy atom. The maximum absolute atomic E-state index is 12.3. The summed E-state index contributed by atoms with van der Waals surface area (Å²) in [4.78, 5) is 12.3. The SMILES string of the molecule is C=CCn1c(SCC(=O)Nc2cc(Cl)cc(Cl)c2)nnc1-c1ccccc1C. The Bertz CT molecular complexity index is 999. The molecule has 0 spiro atoms. The number of amides is 1. The van der Waals surface area contributed by atoms with Gasteiger partial charge in [0.05, 0.1) is 5.75 Å². The summed E-state index contributed by atoms with van der Waals surface area (Å²) in [5.74, 6) is 0.740. The first kappa shape index (κ1) is 20.5. The number of carbonyl (C=O) groups excluding carboxylic acids is 1. The third-order valence-corrected chi connectivity index (χ3v) is 5.30. The fraction of sp³-hybridized carbons (Fsp3) is 0.150. The van der Waals surface area contributed by atoms with Gasteiger partial charge in [0.1, 0.15) is 0 Å². The summed E-state index contributed by atoms with van der Waals surface area (Å²) >= 11 is 13.2. The van der Waals surface area contributed by atoms with Crippen LogP contribution in [0, 0.1) is 6.92 Å². The van der Waals surface area contributed by atoms with Gasteiger partial charge in [0.15, 0.2) is 11.0 Å². The fourth-order valence-electron chi connectivity index (χ4n) is 2.67. The lowest BCUT2D eigenvalue weighted by atomic mass is 10.1. The zero-order valence-electron chi connectivity index (χ0n) is 15.2. The number of aryl methyl sites for hydroxylation is 1. The molecule has 0 fully saturated rings. The summed E-state index contributed by atoms with van der Waals surface area (Å²) in [5, 5.41) is 13.0. The molecule has 1 aromatic heterocycles. The van der Waals surface area contributed by atoms with Crippen LogP contribution in [0.1, 0.15) is 5.56 Å². The highest BCUT2D eigenvalue weighted by atomic mass is 35.5. The van der Waals surface area contributed by atoms with Crippen LogP contribution in [0.5, 0.6) is 0 Å². The van der Waals surface area contributed by atoms with Crippen LogP contribution < -0.4 is 5.32 Å². The molecule has 1 amide bonds. The van der Waals surface area contributed by atoms with Crippen LogP contribution in [0.3, 0.4) is 0 Å². The quantitative estimate of drug-likeness (QED) is 0.396. The molecular weight excluding hydrogens is 415 g/mol. The molecule has 3 aromatic rings. The van der Waals surface area contributed by atoms with Crippen LogP contribution in [0.25, 0.3) is 11.4 Å². The number of carbonyl (C=O) groups is 1. The molecule has 3 rings (SSSR count). The third-order valence-electron chi connectivity index (χ3n) is 3.89. The van der Waals surface area contributed by atoms with E-state index in [1.54, 1.807) is 24.3 Å². The number of anilines is 1. The van der Waals surface area contributed by atoms with Crippen molar-refractivity contribution >= 4 is 46.6 Å². The largest absolute Gasteiger partial charge is 0.325 e. The van der Waals surface area contributed by atoms with Crippen molar-refractivity contribution in [2.45, 2.75) is 18.6 Å². The number of nitrogens with one attached hydrogen (secondary N) is 1. The Hall–Kier alpha value is -2.28. The minimum absolute atomic E-state index is 0.174. The molecule has 1 heterocycles. The lowest BCUT2D eigenvalue weighted by molar-refractivity contribution is -0.113. The molecule has 8 heteroatoms. The third kappa shape index (κ3) is 4.95. The molecule has 0 unspecified atom stereocenters. The zero-order chi connectivity index (χ0) is 20.1. The average molecular weight is 433 g/mol. The van der Waals surface area contributed by atoms with Gasteiger partial charge < -0.3 is 5.32 Å². The van der Waals surface area contributed by atoms with Gasteiger partial charge in [-0.3, -0.25) is 9.36 Å². The van der Waals surface area contributed by atoms with Gasteiger partial charge in [0, 0.05) is 27.8 Å². The van der Waals surface area contributed by atoms with Gasteiger partial charge >= 0.3 is 0 Å². The number of hydrogen-bond donors (Lipinski definition) is 1. The number of nitrogens with zero attached hydrogens (tertiary/aromatic N) is 3. The van der Waals surface area contributed by atoms with Crippen LogP contribution in [-0.2, 0) is 11.3 Å². The smallest absolute Gasteiger partial charge is 0.234 e. The second-order valence-corrected chi connectivity index (χ2v) is 7.83. The summed E-state index contributed by atoms with van der Waals surface area (Å²) in [5.41, 5.74) is 2.66. The first-order chi connectivity index (χ1) is 13.5. The molecule has 2 aromatic carbocycles. The number of benzene rings is 2. The molecule has 1 N–H and O–H groups in total. The summed E-state index contributed by atoms with van der Waals surface area (Å²) in [7, 11) is 0. The van der Waals surface area contributed by atoms with Crippen molar-refractivity contribution in [3.8, 4) is 11.4 Å². The lowest BCUT2D eigenvalue weighted by Crippen LogP contribution is -2.14. The van der Waals surface area contributed by atoms with E-state index in [2.05, 4.69) is 22.1 Å². The van der Waals surface area contributed by atoms with Crippen LogP contribution >= 0.6 is 35.0 Å². The van der Waals surface area contributed by atoms with Crippen molar-refractivity contribution < 1.29 is 4.79 Å². The highest BCUT2D eigenvalue weighted by molar-refractivity contribution is 7.99. The van der Waals surface area contributed by atoms with Crippen molar-refractivity contribution in [1.82, 2.24) is 14.8 Å². The van der Waals surface area contributed by atoms with E-state index in [0.717, 1.165) is 17.0 Å². The molecule has 144 valence electrons. The van der Waals surface area contributed by atoms with Gasteiger partial charge in [-0.15, -0.1) is 16.8 Å². The first-order valence-corrected chi connectivity index (χ1v) is 10.2. The molecule has 5 nitrogen and oxygen atoms in total. The maximum Gasteiger partial charge on any atom is 0.234 e. The molecule has 0 atom stereocenters. The molecule has 0 aliphatic carbocycles. The van der Waals surface area contributed by atoms with Crippen molar-refractivity contribution in [1.29, 1.82) is 0 Å². The first-order valence-electron chi connectivity index (χ1n) is 8.46. The minimum Gasteiger partial charge on any atom is -0.325 e. The van der Waals surface area contributed by atoms with E-state index >= 15 is 0 Å². The Kier molecular flexibility index (Phi) is 6.78. The summed E-state index contributed by atoms with van der Waals surface area (Å²) < 4.78 is 1.95. The number of allylic oxidation sites excluding steroid dienone is 1. The Morgan fingerprint density at radius 2 is 1.93 bits per heavy atom. The van der Waals surface area contributed by atoms with Gasteiger partial charge in [-0.05, 0) is 30.7 Å². The molecule has 0 bridgehead atoms. The number of halogens is 2. The molecule has 0 aliphatic heterocycles. The number of hydrogen-bond acceptors (Lipinski definition) is 4. The maximum atomic E-state index is 12.3. The summed E-state index contributed by atoms with van der Waals surface area (Å²) in [6.45, 7) is 6.38.